The predicted octanol–water partition coefficient (Wildman–Crippen LogP) is 4.27. The molecular weight excluding hydrogens is 532 g/mol. The molecule has 1 heterocycles. The number of hydrogen-bond acceptors (Lipinski definition) is 5. The molecule has 4 saturated carbocycles. The summed E-state index contributed by atoms with van der Waals surface area (Å²) in [6, 6.07) is -2.54. The van der Waals surface area contributed by atoms with Gasteiger partial charge in [-0.25, -0.2) is 4.79 Å². The van der Waals surface area contributed by atoms with E-state index in [9.17, 15) is 24.0 Å². The van der Waals surface area contributed by atoms with Gasteiger partial charge in [-0.3, -0.25) is 19.2 Å². The minimum atomic E-state index is -0.848. The van der Waals surface area contributed by atoms with Crippen molar-refractivity contribution in [1.29, 1.82) is 0 Å². The summed E-state index contributed by atoms with van der Waals surface area (Å²) in [4.78, 5) is 68.2. The molecule has 0 aromatic carbocycles. The van der Waals surface area contributed by atoms with Crippen LogP contribution in [0.3, 0.4) is 0 Å². The molecule has 1 saturated heterocycles. The summed E-state index contributed by atoms with van der Waals surface area (Å²) < 4.78 is 0. The van der Waals surface area contributed by atoms with Crippen LogP contribution >= 0.6 is 0 Å². The van der Waals surface area contributed by atoms with Crippen LogP contribution in [0.2, 0.25) is 0 Å². The lowest BCUT2D eigenvalue weighted by atomic mass is 9.80. The first-order chi connectivity index (χ1) is 20.0. The van der Waals surface area contributed by atoms with E-state index >= 15 is 0 Å². The minimum Gasteiger partial charge on any atom is -0.344 e. The summed E-state index contributed by atoms with van der Waals surface area (Å²) in [6.07, 6.45) is 13.5. The molecule has 0 unspecified atom stereocenters. The standard InChI is InChI=1S/C33H52N4O5/c1-5-33(16-10-7-11-17-33)36-31(42)35-26(22-12-8-6-9-13-22)30(41)37-19-23-25(32(23,3)4)27(37)29(40)34-24(18-21-14-15-21)28(39)20(2)38/h21-27H,5-19H2,1-4H3,(H,34,40)(H2,35,36,42)/t23-,24-,25-,26-,27-/m0/s1. The van der Waals surface area contributed by atoms with E-state index in [1.165, 1.54) is 13.3 Å². The quantitative estimate of drug-likeness (QED) is 0.313. The first-order valence-corrected chi connectivity index (χ1v) is 16.7. The van der Waals surface area contributed by atoms with Crippen LogP contribution < -0.4 is 16.0 Å². The van der Waals surface area contributed by atoms with Crippen molar-refractivity contribution in [3.63, 3.8) is 0 Å². The molecule has 0 bridgehead atoms. The molecule has 5 fully saturated rings. The van der Waals surface area contributed by atoms with Gasteiger partial charge in [-0.2, -0.15) is 0 Å². The monoisotopic (exact) mass is 584 g/mol. The number of likely N-dealkylation sites (tertiary alicyclic amines) is 1. The number of urea groups is 1. The lowest BCUT2D eigenvalue weighted by Gasteiger charge is -2.40. The Balaban J connectivity index is 1.35. The average Bonchev–Trinajstić information content (AvgIpc) is 3.83. The van der Waals surface area contributed by atoms with Gasteiger partial charge in [0.15, 0.2) is 5.78 Å². The van der Waals surface area contributed by atoms with Gasteiger partial charge in [0.25, 0.3) is 0 Å². The van der Waals surface area contributed by atoms with Crippen molar-refractivity contribution in [3.05, 3.63) is 0 Å². The Labute approximate surface area is 251 Å². The molecule has 5 atom stereocenters. The highest BCUT2D eigenvalue weighted by atomic mass is 16.2. The number of carbonyl (C=O) groups excluding carboxylic acids is 5. The molecule has 0 aromatic heterocycles. The van der Waals surface area contributed by atoms with Gasteiger partial charge in [0.1, 0.15) is 12.1 Å². The van der Waals surface area contributed by atoms with Crippen LogP contribution in [0, 0.1) is 29.1 Å². The molecule has 0 aromatic rings. The summed E-state index contributed by atoms with van der Waals surface area (Å²) >= 11 is 0. The topological polar surface area (TPSA) is 125 Å². The fourth-order valence-electron chi connectivity index (χ4n) is 8.48. The number of piperidine rings is 1. The van der Waals surface area contributed by atoms with Gasteiger partial charge in [0.05, 0.1) is 6.04 Å². The normalized spacial score (nSPS) is 29.5. The number of amides is 4. The van der Waals surface area contributed by atoms with E-state index in [1.807, 2.05) is 0 Å². The second kappa shape index (κ2) is 12.3. The van der Waals surface area contributed by atoms with Gasteiger partial charge in [-0.05, 0) is 67.6 Å². The Kier molecular flexibility index (Phi) is 9.06. The van der Waals surface area contributed by atoms with Gasteiger partial charge in [-0.1, -0.05) is 72.1 Å². The van der Waals surface area contributed by atoms with Gasteiger partial charge in [0.2, 0.25) is 17.6 Å². The zero-order valence-electron chi connectivity index (χ0n) is 26.1. The van der Waals surface area contributed by atoms with Crippen LogP contribution in [0.5, 0.6) is 0 Å². The smallest absolute Gasteiger partial charge is 0.315 e. The molecule has 0 radical (unpaired) electrons. The fourth-order valence-corrected chi connectivity index (χ4v) is 8.48. The van der Waals surface area contributed by atoms with E-state index in [2.05, 4.69) is 36.7 Å². The Hall–Kier alpha value is -2.45. The third-order valence-corrected chi connectivity index (χ3v) is 11.5. The van der Waals surface area contributed by atoms with Crippen molar-refractivity contribution < 1.29 is 24.0 Å². The maximum absolute atomic E-state index is 14.4. The van der Waals surface area contributed by atoms with Crippen LogP contribution in [0.15, 0.2) is 0 Å². The molecule has 9 heteroatoms. The summed E-state index contributed by atoms with van der Waals surface area (Å²) in [5.74, 6) is -1.11. The first-order valence-electron chi connectivity index (χ1n) is 16.7. The number of ketones is 2. The molecule has 3 N–H and O–H groups in total. The van der Waals surface area contributed by atoms with Crippen LogP contribution in [0.25, 0.3) is 0 Å². The SMILES string of the molecule is CCC1(NC(=O)N[C@H](C(=O)N2C[C@H]3[C@@H]([C@H]2C(=O)N[C@@H](CC2CC2)C(=O)C(C)=O)C3(C)C)C2CCCCC2)CCCCC1. The van der Waals surface area contributed by atoms with Gasteiger partial charge >= 0.3 is 6.03 Å². The van der Waals surface area contributed by atoms with E-state index in [0.29, 0.717) is 18.9 Å². The van der Waals surface area contributed by atoms with Crippen molar-refractivity contribution in [2.24, 2.45) is 29.1 Å². The highest BCUT2D eigenvalue weighted by Crippen LogP contribution is 2.65. The van der Waals surface area contributed by atoms with Crippen LogP contribution in [0.1, 0.15) is 118 Å². The van der Waals surface area contributed by atoms with E-state index in [0.717, 1.165) is 77.0 Å². The number of rotatable bonds is 11. The molecule has 234 valence electrons. The summed E-state index contributed by atoms with van der Waals surface area (Å²) in [7, 11) is 0. The summed E-state index contributed by atoms with van der Waals surface area (Å²) in [5.41, 5.74) is -0.320. The number of fused-ring (bicyclic) bond motifs is 1. The van der Waals surface area contributed by atoms with Crippen LogP contribution in [-0.2, 0) is 19.2 Å². The summed E-state index contributed by atoms with van der Waals surface area (Å²) in [5, 5.41) is 9.30. The van der Waals surface area contributed by atoms with Gasteiger partial charge in [-0.15, -0.1) is 0 Å². The van der Waals surface area contributed by atoms with E-state index in [1.54, 1.807) is 4.90 Å². The molecule has 1 aliphatic heterocycles. The molecule has 4 aliphatic carbocycles. The van der Waals surface area contributed by atoms with Crippen molar-refractivity contribution >= 4 is 29.4 Å². The zero-order chi connectivity index (χ0) is 30.2. The largest absolute Gasteiger partial charge is 0.344 e. The third-order valence-electron chi connectivity index (χ3n) is 11.5. The average molecular weight is 585 g/mol. The van der Waals surface area contributed by atoms with Crippen molar-refractivity contribution in [2.75, 3.05) is 6.54 Å². The second-order valence-electron chi connectivity index (χ2n) is 14.7. The third kappa shape index (κ3) is 6.40. The second-order valence-corrected chi connectivity index (χ2v) is 14.7. The Morgan fingerprint density at radius 2 is 1.52 bits per heavy atom. The molecule has 9 nitrogen and oxygen atoms in total. The maximum Gasteiger partial charge on any atom is 0.315 e. The first kappa shape index (κ1) is 31.0. The van der Waals surface area contributed by atoms with E-state index in [4.69, 9.17) is 0 Å². The van der Waals surface area contributed by atoms with Gasteiger partial charge < -0.3 is 20.9 Å². The molecule has 5 aliphatic rings. The minimum absolute atomic E-state index is 0.0121. The van der Waals surface area contributed by atoms with Gasteiger partial charge in [0, 0.05) is 19.0 Å². The molecule has 42 heavy (non-hydrogen) atoms. The number of nitrogens with one attached hydrogen (secondary N) is 3. The lowest BCUT2D eigenvalue weighted by molar-refractivity contribution is -0.144. The number of carbonyl (C=O) groups is 5. The molecule has 0 spiro atoms. The van der Waals surface area contributed by atoms with Crippen molar-refractivity contribution in [3.8, 4) is 0 Å². The number of hydrogen-bond donors (Lipinski definition) is 3. The highest BCUT2D eigenvalue weighted by Gasteiger charge is 2.69. The van der Waals surface area contributed by atoms with E-state index in [-0.39, 0.29) is 46.6 Å². The summed E-state index contributed by atoms with van der Waals surface area (Å²) in [6.45, 7) is 8.09. The molecular formula is C33H52N4O5. The lowest BCUT2D eigenvalue weighted by Crippen LogP contribution is -2.62. The maximum atomic E-state index is 14.4. The number of Topliss-reactive ketones (excluding diaryl/α,β-unsaturated/α-hetero) is 2. The Bertz CT molecular complexity index is 1070. The van der Waals surface area contributed by atoms with Crippen molar-refractivity contribution in [1.82, 2.24) is 20.9 Å². The molecule has 4 amide bonds. The van der Waals surface area contributed by atoms with Crippen molar-refractivity contribution in [2.45, 2.75) is 141 Å². The molecule has 5 rings (SSSR count). The number of nitrogens with zero attached hydrogens (tertiary/aromatic N) is 1. The highest BCUT2D eigenvalue weighted by molar-refractivity contribution is 6.38. The van der Waals surface area contributed by atoms with Crippen LogP contribution in [0.4, 0.5) is 4.79 Å². The Morgan fingerprint density at radius 1 is 0.881 bits per heavy atom. The van der Waals surface area contributed by atoms with E-state index < -0.39 is 29.7 Å². The predicted molar refractivity (Wildman–Crippen MR) is 159 cm³/mol. The Morgan fingerprint density at radius 3 is 2.12 bits per heavy atom. The zero-order valence-corrected chi connectivity index (χ0v) is 26.1. The van der Waals surface area contributed by atoms with Crippen LogP contribution in [-0.4, -0.2) is 64.5 Å². The fraction of sp³-hybridized carbons (Fsp3) is 0.848.